The van der Waals surface area contributed by atoms with Crippen molar-refractivity contribution in [2.45, 2.75) is 32.0 Å². The summed E-state index contributed by atoms with van der Waals surface area (Å²) in [7, 11) is 3.38. The van der Waals surface area contributed by atoms with Crippen LogP contribution in [-0.2, 0) is 35.5 Å². The predicted octanol–water partition coefficient (Wildman–Crippen LogP) is 0.931. The molecule has 0 aliphatic carbocycles. The van der Waals surface area contributed by atoms with E-state index < -0.39 is 0 Å². The summed E-state index contributed by atoms with van der Waals surface area (Å²) in [5, 5.41) is 7.19. The van der Waals surface area contributed by atoms with E-state index in [0.717, 1.165) is 0 Å². The molecule has 1 aromatic heterocycles. The third-order valence-electron chi connectivity index (χ3n) is 4.17. The molecule has 2 heterocycles. The first kappa shape index (κ1) is 16.6. The summed E-state index contributed by atoms with van der Waals surface area (Å²) in [6.07, 6.45) is 1.29. The maximum Gasteiger partial charge on any atom is 0.246 e. The zero-order chi connectivity index (χ0) is 16.9. The van der Waals surface area contributed by atoms with Crippen LogP contribution < -0.4 is 5.32 Å². The number of methoxy groups -OCH3 is 1. The molecule has 1 unspecified atom stereocenters. The highest BCUT2D eigenvalue weighted by Crippen LogP contribution is 2.17. The van der Waals surface area contributed by atoms with Gasteiger partial charge >= 0.3 is 0 Å². The van der Waals surface area contributed by atoms with Gasteiger partial charge in [0.05, 0.1) is 19.2 Å². The number of amides is 1. The van der Waals surface area contributed by atoms with E-state index in [-0.39, 0.29) is 11.9 Å². The standard InChI is InChI=1S/C17H22N4O3/c1-21(11-16-19-15(20-24-16)7-8-23-2)17(22)14-9-12-5-3-4-6-13(12)10-18-14/h3-6,14,18H,7-11H2,1-2H3. The summed E-state index contributed by atoms with van der Waals surface area (Å²) in [6.45, 7) is 1.56. The molecular formula is C17H22N4O3. The van der Waals surface area contributed by atoms with E-state index in [0.29, 0.717) is 44.3 Å². The number of ether oxygens (including phenoxy) is 1. The zero-order valence-corrected chi connectivity index (χ0v) is 14.0. The van der Waals surface area contributed by atoms with Crippen LogP contribution in [-0.4, -0.2) is 47.8 Å². The van der Waals surface area contributed by atoms with Gasteiger partial charge in [-0.2, -0.15) is 4.98 Å². The van der Waals surface area contributed by atoms with Crippen molar-refractivity contribution in [1.82, 2.24) is 20.4 Å². The summed E-state index contributed by atoms with van der Waals surface area (Å²) in [5.74, 6) is 1.06. The summed E-state index contributed by atoms with van der Waals surface area (Å²) in [4.78, 5) is 18.5. The molecule has 0 fully saturated rings. The second-order valence-corrected chi connectivity index (χ2v) is 5.95. The van der Waals surface area contributed by atoms with Crippen LogP contribution in [0.25, 0.3) is 0 Å². The summed E-state index contributed by atoms with van der Waals surface area (Å²) < 4.78 is 10.2. The number of nitrogens with zero attached hydrogens (tertiary/aromatic N) is 3. The molecule has 2 aromatic rings. The van der Waals surface area contributed by atoms with Crippen LogP contribution in [0.3, 0.4) is 0 Å². The third-order valence-corrected chi connectivity index (χ3v) is 4.17. The quantitative estimate of drug-likeness (QED) is 0.849. The molecule has 7 nitrogen and oxygen atoms in total. The molecule has 3 rings (SSSR count). The van der Waals surface area contributed by atoms with Crippen molar-refractivity contribution in [3.63, 3.8) is 0 Å². The second-order valence-electron chi connectivity index (χ2n) is 5.95. The molecule has 1 aromatic carbocycles. The number of fused-ring (bicyclic) bond motifs is 1. The van der Waals surface area contributed by atoms with Crippen molar-refractivity contribution in [1.29, 1.82) is 0 Å². The lowest BCUT2D eigenvalue weighted by atomic mass is 9.95. The molecule has 128 valence electrons. The number of hydrogen-bond donors (Lipinski definition) is 1. The van der Waals surface area contributed by atoms with E-state index in [1.165, 1.54) is 11.1 Å². The molecule has 1 N–H and O–H groups in total. The lowest BCUT2D eigenvalue weighted by Gasteiger charge is -2.28. The van der Waals surface area contributed by atoms with E-state index in [4.69, 9.17) is 9.26 Å². The van der Waals surface area contributed by atoms with Crippen molar-refractivity contribution < 1.29 is 14.1 Å². The van der Waals surface area contributed by atoms with Crippen LogP contribution in [0.2, 0.25) is 0 Å². The van der Waals surface area contributed by atoms with Gasteiger partial charge in [-0.25, -0.2) is 0 Å². The lowest BCUT2D eigenvalue weighted by molar-refractivity contribution is -0.133. The first-order chi connectivity index (χ1) is 11.7. The van der Waals surface area contributed by atoms with Gasteiger partial charge in [0, 0.05) is 27.1 Å². The minimum Gasteiger partial charge on any atom is -0.384 e. The average Bonchev–Trinajstić information content (AvgIpc) is 3.06. The van der Waals surface area contributed by atoms with Gasteiger partial charge in [-0.3, -0.25) is 4.79 Å². The van der Waals surface area contributed by atoms with Crippen molar-refractivity contribution in [3.05, 3.63) is 47.1 Å². The predicted molar refractivity (Wildman–Crippen MR) is 87.1 cm³/mol. The summed E-state index contributed by atoms with van der Waals surface area (Å²) in [6, 6.07) is 7.98. The lowest BCUT2D eigenvalue weighted by Crippen LogP contribution is -2.48. The largest absolute Gasteiger partial charge is 0.384 e. The third kappa shape index (κ3) is 3.80. The van der Waals surface area contributed by atoms with Gasteiger partial charge in [0.1, 0.15) is 0 Å². The highest BCUT2D eigenvalue weighted by Gasteiger charge is 2.27. The second kappa shape index (κ2) is 7.55. The molecule has 24 heavy (non-hydrogen) atoms. The van der Waals surface area contributed by atoms with Crippen molar-refractivity contribution in [2.24, 2.45) is 0 Å². The monoisotopic (exact) mass is 330 g/mol. The number of hydrogen-bond acceptors (Lipinski definition) is 6. The molecule has 0 saturated carbocycles. The number of aromatic nitrogens is 2. The average molecular weight is 330 g/mol. The van der Waals surface area contributed by atoms with Crippen molar-refractivity contribution in [3.8, 4) is 0 Å². The van der Waals surface area contributed by atoms with E-state index >= 15 is 0 Å². The van der Waals surface area contributed by atoms with Crippen LogP contribution in [0, 0.1) is 0 Å². The molecular weight excluding hydrogens is 308 g/mol. The van der Waals surface area contributed by atoms with Crippen molar-refractivity contribution >= 4 is 5.91 Å². The molecule has 1 amide bonds. The van der Waals surface area contributed by atoms with Crippen LogP contribution >= 0.6 is 0 Å². The van der Waals surface area contributed by atoms with Gasteiger partial charge < -0.3 is 19.5 Å². The Hall–Kier alpha value is -2.25. The number of likely N-dealkylation sites (N-methyl/N-ethyl adjacent to an activating group) is 1. The minimum absolute atomic E-state index is 0.0288. The van der Waals surface area contributed by atoms with Crippen molar-refractivity contribution in [2.75, 3.05) is 20.8 Å². The minimum atomic E-state index is -0.221. The van der Waals surface area contributed by atoms with Gasteiger partial charge in [-0.05, 0) is 17.5 Å². The van der Waals surface area contributed by atoms with Gasteiger partial charge in [0.15, 0.2) is 5.82 Å². The van der Waals surface area contributed by atoms with Gasteiger partial charge in [-0.1, -0.05) is 29.4 Å². The van der Waals surface area contributed by atoms with E-state index in [1.54, 1.807) is 19.1 Å². The number of carbonyl (C=O) groups is 1. The Morgan fingerprint density at radius 3 is 3.00 bits per heavy atom. The molecule has 0 bridgehead atoms. The molecule has 7 heteroatoms. The first-order valence-electron chi connectivity index (χ1n) is 8.03. The van der Waals surface area contributed by atoms with Gasteiger partial charge in [0.25, 0.3) is 0 Å². The number of benzene rings is 1. The van der Waals surface area contributed by atoms with Crippen LogP contribution in [0.5, 0.6) is 0 Å². The normalized spacial score (nSPS) is 16.7. The van der Waals surface area contributed by atoms with Gasteiger partial charge in [-0.15, -0.1) is 0 Å². The Balaban J connectivity index is 1.58. The maximum absolute atomic E-state index is 12.6. The Kier molecular flexibility index (Phi) is 5.22. The fraction of sp³-hybridized carbons (Fsp3) is 0.471. The van der Waals surface area contributed by atoms with E-state index in [2.05, 4.69) is 27.6 Å². The van der Waals surface area contributed by atoms with E-state index in [1.807, 2.05) is 12.1 Å². The highest BCUT2D eigenvalue weighted by molar-refractivity contribution is 5.82. The molecule has 1 atom stereocenters. The fourth-order valence-electron chi connectivity index (χ4n) is 2.83. The smallest absolute Gasteiger partial charge is 0.246 e. The summed E-state index contributed by atoms with van der Waals surface area (Å²) >= 11 is 0. The Morgan fingerprint density at radius 2 is 2.21 bits per heavy atom. The molecule has 1 aliphatic rings. The number of rotatable bonds is 6. The summed E-state index contributed by atoms with van der Waals surface area (Å²) in [5.41, 5.74) is 2.48. The topological polar surface area (TPSA) is 80.5 Å². The maximum atomic E-state index is 12.6. The highest BCUT2D eigenvalue weighted by atomic mass is 16.5. The fourth-order valence-corrected chi connectivity index (χ4v) is 2.83. The Morgan fingerprint density at radius 1 is 1.42 bits per heavy atom. The SMILES string of the molecule is COCCc1noc(CN(C)C(=O)C2Cc3ccccc3CN2)n1. The Labute approximate surface area is 141 Å². The van der Waals surface area contributed by atoms with Gasteiger partial charge in [0.2, 0.25) is 11.8 Å². The molecule has 0 saturated heterocycles. The van der Waals surface area contributed by atoms with Crippen LogP contribution in [0.4, 0.5) is 0 Å². The number of carbonyl (C=O) groups excluding carboxylic acids is 1. The Bertz CT molecular complexity index is 701. The van der Waals surface area contributed by atoms with Crippen LogP contribution in [0.1, 0.15) is 22.8 Å². The van der Waals surface area contributed by atoms with E-state index in [9.17, 15) is 4.79 Å². The number of nitrogens with one attached hydrogen (secondary N) is 1. The first-order valence-corrected chi connectivity index (χ1v) is 8.03. The zero-order valence-electron chi connectivity index (χ0n) is 14.0. The molecule has 1 aliphatic heterocycles. The molecule has 0 spiro atoms. The van der Waals surface area contributed by atoms with Crippen LogP contribution in [0.15, 0.2) is 28.8 Å². The molecule has 0 radical (unpaired) electrons.